The van der Waals surface area contributed by atoms with Crippen molar-refractivity contribution in [1.29, 1.82) is 0 Å². The smallest absolute Gasteiger partial charge is 0.389 e. The summed E-state index contributed by atoms with van der Waals surface area (Å²) in [7, 11) is 0. The van der Waals surface area contributed by atoms with Gasteiger partial charge >= 0.3 is 6.18 Å². The summed E-state index contributed by atoms with van der Waals surface area (Å²) in [6.07, 6.45) is -2.52. The molecule has 2 fully saturated rings. The molecule has 0 radical (unpaired) electrons. The van der Waals surface area contributed by atoms with Crippen LogP contribution in [-0.4, -0.2) is 35.6 Å². The Morgan fingerprint density at radius 2 is 2.00 bits per heavy atom. The Balaban J connectivity index is 2.01. The SMILES string of the molecule is CC(O)(CCCC(F)(F)F)C1(CN)CC2CCC1O2. The molecule has 3 nitrogen and oxygen atoms in total. The van der Waals surface area contributed by atoms with Crippen LogP contribution in [0.3, 0.4) is 0 Å². The van der Waals surface area contributed by atoms with E-state index in [0.717, 1.165) is 12.8 Å². The molecule has 0 aromatic carbocycles. The minimum atomic E-state index is -4.17. The number of rotatable bonds is 5. The van der Waals surface area contributed by atoms with Crippen LogP contribution in [0.5, 0.6) is 0 Å². The molecule has 4 unspecified atom stereocenters. The average Bonchev–Trinajstić information content (AvgIpc) is 2.86. The maximum atomic E-state index is 12.2. The maximum Gasteiger partial charge on any atom is 0.389 e. The molecule has 0 spiro atoms. The third-order valence-electron chi connectivity index (χ3n) is 4.88. The van der Waals surface area contributed by atoms with Crippen molar-refractivity contribution in [2.45, 2.75) is 69.4 Å². The first-order valence-electron chi connectivity index (χ1n) is 6.85. The molecule has 19 heavy (non-hydrogen) atoms. The molecule has 2 aliphatic rings. The highest BCUT2D eigenvalue weighted by atomic mass is 19.4. The number of nitrogens with two attached hydrogens (primary N) is 1. The van der Waals surface area contributed by atoms with E-state index in [2.05, 4.69) is 0 Å². The van der Waals surface area contributed by atoms with Crippen molar-refractivity contribution in [2.75, 3.05) is 6.54 Å². The molecule has 112 valence electrons. The van der Waals surface area contributed by atoms with Crippen molar-refractivity contribution < 1.29 is 23.0 Å². The average molecular weight is 281 g/mol. The van der Waals surface area contributed by atoms with Gasteiger partial charge in [0.25, 0.3) is 0 Å². The minimum Gasteiger partial charge on any atom is -0.389 e. The molecular formula is C13H22F3NO2. The molecule has 0 aromatic heterocycles. The molecule has 6 heteroatoms. The summed E-state index contributed by atoms with van der Waals surface area (Å²) >= 11 is 0. The first-order valence-corrected chi connectivity index (χ1v) is 6.85. The lowest BCUT2D eigenvalue weighted by Gasteiger charge is -2.46. The molecule has 2 saturated heterocycles. The standard InChI is InChI=1S/C13H22F3NO2/c1-11(18,5-2-6-13(14,15)16)12(8-17)7-9-3-4-10(12)19-9/h9-10,18H,2-8,17H2,1H3. The van der Waals surface area contributed by atoms with Crippen molar-refractivity contribution in [1.82, 2.24) is 0 Å². The number of hydrogen-bond acceptors (Lipinski definition) is 3. The number of hydrogen-bond donors (Lipinski definition) is 2. The number of fused-ring (bicyclic) bond motifs is 2. The Labute approximate surface area is 111 Å². The molecule has 3 N–H and O–H groups in total. The van der Waals surface area contributed by atoms with Gasteiger partial charge in [-0.05, 0) is 39.0 Å². The van der Waals surface area contributed by atoms with Crippen molar-refractivity contribution >= 4 is 0 Å². The normalized spacial score (nSPS) is 37.6. The van der Waals surface area contributed by atoms with Crippen LogP contribution in [0.1, 0.15) is 45.4 Å². The van der Waals surface area contributed by atoms with Crippen LogP contribution >= 0.6 is 0 Å². The summed E-state index contributed by atoms with van der Waals surface area (Å²) in [6.45, 7) is 1.87. The number of ether oxygens (including phenoxy) is 1. The van der Waals surface area contributed by atoms with Crippen LogP contribution in [0.15, 0.2) is 0 Å². The zero-order chi connectivity index (χ0) is 14.3. The van der Waals surface area contributed by atoms with Crippen LogP contribution in [0, 0.1) is 5.41 Å². The molecule has 0 aromatic rings. The maximum absolute atomic E-state index is 12.2. The minimum absolute atomic E-state index is 0.0738. The van der Waals surface area contributed by atoms with Crippen LogP contribution < -0.4 is 5.73 Å². The molecule has 0 amide bonds. The van der Waals surface area contributed by atoms with E-state index in [9.17, 15) is 18.3 Å². The quantitative estimate of drug-likeness (QED) is 0.813. The summed E-state index contributed by atoms with van der Waals surface area (Å²) in [5, 5.41) is 10.7. The van der Waals surface area contributed by atoms with Gasteiger partial charge in [-0.15, -0.1) is 0 Å². The van der Waals surface area contributed by atoms with Gasteiger partial charge in [0.1, 0.15) is 0 Å². The Kier molecular flexibility index (Phi) is 3.88. The Morgan fingerprint density at radius 1 is 1.32 bits per heavy atom. The van der Waals surface area contributed by atoms with E-state index >= 15 is 0 Å². The molecular weight excluding hydrogens is 259 g/mol. The highest BCUT2D eigenvalue weighted by molar-refractivity contribution is 5.09. The van der Waals surface area contributed by atoms with E-state index in [1.54, 1.807) is 6.92 Å². The zero-order valence-electron chi connectivity index (χ0n) is 11.2. The Bertz CT molecular complexity index is 332. The number of halogens is 3. The van der Waals surface area contributed by atoms with E-state index in [1.807, 2.05) is 0 Å². The molecule has 2 heterocycles. The molecule has 2 bridgehead atoms. The second kappa shape index (κ2) is 4.90. The fraction of sp³-hybridized carbons (Fsp3) is 1.00. The fourth-order valence-electron chi connectivity index (χ4n) is 3.68. The lowest BCUT2D eigenvalue weighted by molar-refractivity contribution is -0.144. The van der Waals surface area contributed by atoms with Crippen LogP contribution in [0.25, 0.3) is 0 Å². The van der Waals surface area contributed by atoms with Gasteiger partial charge in [0.05, 0.1) is 17.8 Å². The van der Waals surface area contributed by atoms with Crippen molar-refractivity contribution in [3.05, 3.63) is 0 Å². The van der Waals surface area contributed by atoms with E-state index in [4.69, 9.17) is 10.5 Å². The zero-order valence-corrected chi connectivity index (χ0v) is 11.2. The largest absolute Gasteiger partial charge is 0.389 e. The molecule has 0 aliphatic carbocycles. The second-order valence-corrected chi connectivity index (χ2v) is 6.13. The highest BCUT2D eigenvalue weighted by Crippen LogP contribution is 2.54. The molecule has 2 rings (SSSR count). The Hall–Kier alpha value is -0.330. The van der Waals surface area contributed by atoms with E-state index < -0.39 is 23.6 Å². The van der Waals surface area contributed by atoms with Gasteiger partial charge < -0.3 is 15.6 Å². The van der Waals surface area contributed by atoms with Crippen molar-refractivity contribution in [3.8, 4) is 0 Å². The summed E-state index contributed by atoms with van der Waals surface area (Å²) in [5.41, 5.74) is 4.05. The van der Waals surface area contributed by atoms with Crippen LogP contribution in [0.2, 0.25) is 0 Å². The topological polar surface area (TPSA) is 55.5 Å². The summed E-state index contributed by atoms with van der Waals surface area (Å²) in [6, 6.07) is 0. The van der Waals surface area contributed by atoms with Gasteiger partial charge in [-0.25, -0.2) is 0 Å². The van der Waals surface area contributed by atoms with E-state index in [1.165, 1.54) is 0 Å². The first-order chi connectivity index (χ1) is 8.70. The number of aliphatic hydroxyl groups is 1. The summed E-state index contributed by atoms with van der Waals surface area (Å²) < 4.78 is 42.4. The third-order valence-corrected chi connectivity index (χ3v) is 4.88. The predicted molar refractivity (Wildman–Crippen MR) is 64.5 cm³/mol. The Morgan fingerprint density at radius 3 is 2.42 bits per heavy atom. The van der Waals surface area contributed by atoms with Crippen molar-refractivity contribution in [3.63, 3.8) is 0 Å². The summed E-state index contributed by atoms with van der Waals surface area (Å²) in [4.78, 5) is 0. The van der Waals surface area contributed by atoms with Gasteiger partial charge in [-0.2, -0.15) is 13.2 Å². The molecule has 0 saturated carbocycles. The third kappa shape index (κ3) is 2.76. The van der Waals surface area contributed by atoms with Gasteiger partial charge in [0.15, 0.2) is 0 Å². The van der Waals surface area contributed by atoms with Gasteiger partial charge in [0, 0.05) is 18.4 Å². The van der Waals surface area contributed by atoms with E-state index in [-0.39, 0.29) is 31.6 Å². The molecule has 4 atom stereocenters. The molecule has 2 aliphatic heterocycles. The monoisotopic (exact) mass is 281 g/mol. The lowest BCUT2D eigenvalue weighted by Crippen LogP contribution is -2.56. The van der Waals surface area contributed by atoms with E-state index in [0.29, 0.717) is 6.42 Å². The predicted octanol–water partition coefficient (Wildman–Crippen LogP) is 2.37. The highest BCUT2D eigenvalue weighted by Gasteiger charge is 2.59. The lowest BCUT2D eigenvalue weighted by atomic mass is 9.62. The fourth-order valence-corrected chi connectivity index (χ4v) is 3.68. The van der Waals surface area contributed by atoms with Crippen molar-refractivity contribution in [2.24, 2.45) is 11.1 Å². The summed E-state index contributed by atoms with van der Waals surface area (Å²) in [5.74, 6) is 0. The van der Waals surface area contributed by atoms with Gasteiger partial charge in [-0.3, -0.25) is 0 Å². The van der Waals surface area contributed by atoms with Gasteiger partial charge in [-0.1, -0.05) is 0 Å². The van der Waals surface area contributed by atoms with Crippen LogP contribution in [-0.2, 0) is 4.74 Å². The van der Waals surface area contributed by atoms with Crippen LogP contribution in [0.4, 0.5) is 13.2 Å². The second-order valence-electron chi connectivity index (χ2n) is 6.13. The first kappa shape index (κ1) is 15.1. The number of alkyl halides is 3. The van der Waals surface area contributed by atoms with Gasteiger partial charge in [0.2, 0.25) is 0 Å².